The number of hydrogen-bond donors (Lipinski definition) is 0. The van der Waals surface area contributed by atoms with Gasteiger partial charge in [0.2, 0.25) is 5.91 Å². The summed E-state index contributed by atoms with van der Waals surface area (Å²) in [5, 5.41) is 1.16. The maximum atomic E-state index is 12.4. The normalized spacial score (nSPS) is 19.2. The Bertz CT molecular complexity index is 636. The molecule has 1 aromatic heterocycles. The molecule has 2 heterocycles. The van der Waals surface area contributed by atoms with Gasteiger partial charge in [-0.15, -0.1) is 11.8 Å². The third-order valence-electron chi connectivity index (χ3n) is 3.68. The van der Waals surface area contributed by atoms with Gasteiger partial charge in [-0.25, -0.2) is 0 Å². The van der Waals surface area contributed by atoms with Gasteiger partial charge in [0.05, 0.1) is 10.8 Å². The number of amides is 1. The molecular weight excluding hydrogens is 268 g/mol. The Morgan fingerprint density at radius 2 is 2.10 bits per heavy atom. The molecule has 1 saturated heterocycles. The number of thioether (sulfide) groups is 1. The zero-order valence-electron chi connectivity index (χ0n) is 11.7. The van der Waals surface area contributed by atoms with Gasteiger partial charge >= 0.3 is 0 Å². The highest BCUT2D eigenvalue weighted by Gasteiger charge is 2.33. The second-order valence-corrected chi connectivity index (χ2v) is 6.60. The monoisotopic (exact) mass is 286 g/mol. The highest BCUT2D eigenvalue weighted by Crippen LogP contribution is 2.34. The first-order valence-corrected chi connectivity index (χ1v) is 7.85. The van der Waals surface area contributed by atoms with Crippen LogP contribution in [0.5, 0.6) is 0 Å². The van der Waals surface area contributed by atoms with Gasteiger partial charge in [-0.3, -0.25) is 9.78 Å². The molecule has 0 bridgehead atoms. The van der Waals surface area contributed by atoms with E-state index in [2.05, 4.69) is 37.0 Å². The fourth-order valence-electron chi connectivity index (χ4n) is 2.62. The number of hydrogen-bond acceptors (Lipinski definition) is 3. The van der Waals surface area contributed by atoms with Crippen LogP contribution in [0.4, 0.5) is 0 Å². The summed E-state index contributed by atoms with van der Waals surface area (Å²) in [6, 6.07) is 10.4. The lowest BCUT2D eigenvalue weighted by Crippen LogP contribution is -2.34. The molecule has 0 radical (unpaired) electrons. The molecule has 1 aliphatic heterocycles. The van der Waals surface area contributed by atoms with Crippen LogP contribution < -0.4 is 0 Å². The molecule has 1 atom stereocenters. The lowest BCUT2D eigenvalue weighted by Gasteiger charge is -2.20. The van der Waals surface area contributed by atoms with Gasteiger partial charge < -0.3 is 4.90 Å². The van der Waals surface area contributed by atoms with E-state index in [1.807, 2.05) is 23.2 Å². The average molecular weight is 286 g/mol. The lowest BCUT2D eigenvalue weighted by atomic mass is 10.2. The van der Waals surface area contributed by atoms with E-state index < -0.39 is 0 Å². The summed E-state index contributed by atoms with van der Waals surface area (Å²) in [6.07, 6.45) is 2.73. The summed E-state index contributed by atoms with van der Waals surface area (Å²) in [5.41, 5.74) is 0.996. The van der Waals surface area contributed by atoms with Crippen LogP contribution in [-0.2, 0) is 4.79 Å². The molecule has 1 unspecified atom stereocenters. The molecule has 0 saturated carbocycles. The number of nitrogens with zero attached hydrogens (tertiary/aromatic N) is 2. The van der Waals surface area contributed by atoms with E-state index >= 15 is 0 Å². The molecule has 0 spiro atoms. The third kappa shape index (κ3) is 2.40. The summed E-state index contributed by atoms with van der Waals surface area (Å²) >= 11 is 1.66. The zero-order chi connectivity index (χ0) is 14.1. The Morgan fingerprint density at radius 1 is 1.30 bits per heavy atom. The Kier molecular flexibility index (Phi) is 3.66. The Balaban J connectivity index is 1.86. The molecule has 3 nitrogen and oxygen atoms in total. The smallest absolute Gasteiger partial charge is 0.236 e. The second kappa shape index (κ2) is 5.44. The van der Waals surface area contributed by atoms with Crippen LogP contribution in [0, 0.1) is 0 Å². The Hall–Kier alpha value is -1.55. The first-order valence-electron chi connectivity index (χ1n) is 6.97. The Morgan fingerprint density at radius 3 is 2.85 bits per heavy atom. The fraction of sp³-hybridized carbons (Fsp3) is 0.375. The van der Waals surface area contributed by atoms with Crippen LogP contribution in [0.1, 0.15) is 20.3 Å². The van der Waals surface area contributed by atoms with Crippen molar-refractivity contribution in [3.63, 3.8) is 0 Å². The summed E-state index contributed by atoms with van der Waals surface area (Å²) in [7, 11) is 0. The minimum Gasteiger partial charge on any atom is -0.339 e. The van der Waals surface area contributed by atoms with Crippen LogP contribution in [0.25, 0.3) is 10.9 Å². The summed E-state index contributed by atoms with van der Waals surface area (Å²) in [5.74, 6) is 0.262. The first-order chi connectivity index (χ1) is 9.66. The minimum absolute atomic E-state index is 0.0324. The van der Waals surface area contributed by atoms with Crippen molar-refractivity contribution in [2.45, 2.75) is 36.5 Å². The highest BCUT2D eigenvalue weighted by atomic mass is 32.2. The number of aromatic nitrogens is 1. The van der Waals surface area contributed by atoms with E-state index in [1.165, 1.54) is 0 Å². The summed E-state index contributed by atoms with van der Waals surface area (Å²) in [4.78, 5) is 19.9. The maximum Gasteiger partial charge on any atom is 0.236 e. The molecule has 1 fully saturated rings. The zero-order valence-corrected chi connectivity index (χ0v) is 12.6. The Labute approximate surface area is 123 Å². The van der Waals surface area contributed by atoms with Crippen molar-refractivity contribution in [1.82, 2.24) is 9.88 Å². The minimum atomic E-state index is 0.0324. The SMILES string of the molecule is CC(C)N1CCC(Sc2cccc3cccnc23)C1=O. The average Bonchev–Trinajstić information content (AvgIpc) is 2.81. The largest absolute Gasteiger partial charge is 0.339 e. The topological polar surface area (TPSA) is 33.2 Å². The molecule has 1 aliphatic rings. The van der Waals surface area contributed by atoms with Gasteiger partial charge in [-0.05, 0) is 32.4 Å². The van der Waals surface area contributed by atoms with Gasteiger partial charge in [0.1, 0.15) is 0 Å². The molecule has 0 N–H and O–H groups in total. The van der Waals surface area contributed by atoms with Crippen molar-refractivity contribution >= 4 is 28.6 Å². The van der Waals surface area contributed by atoms with Crippen molar-refractivity contribution in [3.8, 4) is 0 Å². The molecule has 2 aromatic rings. The predicted molar refractivity (Wildman–Crippen MR) is 82.9 cm³/mol. The van der Waals surface area contributed by atoms with Crippen molar-refractivity contribution < 1.29 is 4.79 Å². The van der Waals surface area contributed by atoms with E-state index in [4.69, 9.17) is 0 Å². The fourth-order valence-corrected chi connectivity index (χ4v) is 3.83. The van der Waals surface area contributed by atoms with E-state index in [9.17, 15) is 4.79 Å². The number of likely N-dealkylation sites (tertiary alicyclic amines) is 1. The number of carbonyl (C=O) groups excluding carboxylic acids is 1. The van der Waals surface area contributed by atoms with Crippen LogP contribution in [0.3, 0.4) is 0 Å². The maximum absolute atomic E-state index is 12.4. The number of para-hydroxylation sites is 1. The van der Waals surface area contributed by atoms with E-state index in [-0.39, 0.29) is 11.2 Å². The lowest BCUT2D eigenvalue weighted by molar-refractivity contribution is -0.128. The second-order valence-electron chi connectivity index (χ2n) is 5.35. The van der Waals surface area contributed by atoms with Crippen molar-refractivity contribution in [2.24, 2.45) is 0 Å². The predicted octanol–water partition coefficient (Wildman–Crippen LogP) is 3.34. The molecule has 3 rings (SSSR count). The van der Waals surface area contributed by atoms with E-state index in [0.717, 1.165) is 28.8 Å². The summed E-state index contributed by atoms with van der Waals surface area (Å²) in [6.45, 7) is 5.02. The van der Waals surface area contributed by atoms with Crippen LogP contribution in [0.15, 0.2) is 41.4 Å². The third-order valence-corrected chi connectivity index (χ3v) is 4.98. The van der Waals surface area contributed by atoms with Gasteiger partial charge in [-0.1, -0.05) is 18.2 Å². The molecular formula is C16H18N2OS. The van der Waals surface area contributed by atoms with Gasteiger partial charge in [-0.2, -0.15) is 0 Å². The number of rotatable bonds is 3. The molecule has 104 valence electrons. The van der Waals surface area contributed by atoms with Gasteiger partial charge in [0, 0.05) is 29.1 Å². The molecule has 1 amide bonds. The van der Waals surface area contributed by atoms with Crippen LogP contribution in [-0.4, -0.2) is 33.6 Å². The van der Waals surface area contributed by atoms with Gasteiger partial charge in [0.25, 0.3) is 0 Å². The molecule has 4 heteroatoms. The summed E-state index contributed by atoms with van der Waals surface area (Å²) < 4.78 is 0. The quantitative estimate of drug-likeness (QED) is 0.867. The molecule has 1 aromatic carbocycles. The van der Waals surface area contributed by atoms with Crippen LogP contribution >= 0.6 is 11.8 Å². The van der Waals surface area contributed by atoms with Crippen LogP contribution in [0.2, 0.25) is 0 Å². The molecule has 20 heavy (non-hydrogen) atoms. The first kappa shape index (κ1) is 13.4. The molecule has 0 aliphatic carbocycles. The van der Waals surface area contributed by atoms with Crippen molar-refractivity contribution in [1.29, 1.82) is 0 Å². The van der Waals surface area contributed by atoms with E-state index in [1.54, 1.807) is 11.8 Å². The number of pyridine rings is 1. The van der Waals surface area contributed by atoms with Crippen molar-refractivity contribution in [3.05, 3.63) is 36.5 Å². The standard InChI is InChI=1S/C16H18N2OS/c1-11(2)18-10-8-14(16(18)19)20-13-7-3-5-12-6-4-9-17-15(12)13/h3-7,9,11,14H,8,10H2,1-2H3. The number of benzene rings is 1. The van der Waals surface area contributed by atoms with Gasteiger partial charge in [0.15, 0.2) is 0 Å². The highest BCUT2D eigenvalue weighted by molar-refractivity contribution is 8.00. The van der Waals surface area contributed by atoms with Crippen molar-refractivity contribution in [2.75, 3.05) is 6.54 Å². The number of carbonyl (C=O) groups is 1. The number of fused-ring (bicyclic) bond motifs is 1. The van der Waals surface area contributed by atoms with E-state index in [0.29, 0.717) is 6.04 Å².